The van der Waals surface area contributed by atoms with Gasteiger partial charge in [0.15, 0.2) is 0 Å². The number of ether oxygens (including phenoxy) is 1. The van der Waals surface area contributed by atoms with Gasteiger partial charge in [0.25, 0.3) is 0 Å². The van der Waals surface area contributed by atoms with Gasteiger partial charge in [0.1, 0.15) is 11.5 Å². The van der Waals surface area contributed by atoms with Crippen molar-refractivity contribution in [2.24, 2.45) is 10.8 Å². The Kier molecular flexibility index (Phi) is 1.86. The molecule has 0 amide bonds. The molecule has 68 valence electrons. The van der Waals surface area contributed by atoms with Crippen molar-refractivity contribution in [1.29, 1.82) is 0 Å². The largest absolute Gasteiger partial charge is 0.466 e. The molecule has 0 radical (unpaired) electrons. The molecule has 0 bridgehead atoms. The highest BCUT2D eigenvalue weighted by Gasteiger charge is 2.51. The van der Waals surface area contributed by atoms with Crippen LogP contribution in [0.25, 0.3) is 0 Å². The van der Waals surface area contributed by atoms with E-state index in [2.05, 4.69) is 40.9 Å². The van der Waals surface area contributed by atoms with Crippen molar-refractivity contribution >= 4 is 0 Å². The van der Waals surface area contributed by atoms with Gasteiger partial charge in [0.2, 0.25) is 0 Å². The van der Waals surface area contributed by atoms with Gasteiger partial charge in [-0.2, -0.15) is 0 Å². The van der Waals surface area contributed by atoms with Crippen molar-refractivity contribution < 1.29 is 4.74 Å². The molecule has 0 aromatic carbocycles. The SMILES string of the molecule is C=C1OC(=C)C(C)(CC)C1(C)C. The van der Waals surface area contributed by atoms with Gasteiger partial charge in [-0.15, -0.1) is 0 Å². The maximum atomic E-state index is 5.49. The monoisotopic (exact) mass is 166 g/mol. The van der Waals surface area contributed by atoms with Gasteiger partial charge in [-0.25, -0.2) is 0 Å². The third kappa shape index (κ3) is 0.855. The van der Waals surface area contributed by atoms with E-state index in [-0.39, 0.29) is 10.8 Å². The van der Waals surface area contributed by atoms with Gasteiger partial charge in [-0.3, -0.25) is 0 Å². The molecule has 0 aromatic heterocycles. The maximum absolute atomic E-state index is 5.49. The molecule has 0 saturated carbocycles. The molecule has 1 fully saturated rings. The highest BCUT2D eigenvalue weighted by Crippen LogP contribution is 2.57. The van der Waals surface area contributed by atoms with Crippen LogP contribution in [0, 0.1) is 10.8 Å². The fourth-order valence-electron chi connectivity index (χ4n) is 1.68. The lowest BCUT2D eigenvalue weighted by Gasteiger charge is -2.34. The van der Waals surface area contributed by atoms with Gasteiger partial charge in [-0.05, 0) is 6.42 Å². The lowest BCUT2D eigenvalue weighted by molar-refractivity contribution is 0.199. The summed E-state index contributed by atoms with van der Waals surface area (Å²) in [5, 5.41) is 0. The van der Waals surface area contributed by atoms with Crippen LogP contribution in [0.1, 0.15) is 34.1 Å². The predicted octanol–water partition coefficient (Wildman–Crippen LogP) is 3.49. The van der Waals surface area contributed by atoms with Crippen LogP contribution in [0.15, 0.2) is 24.7 Å². The first-order valence-corrected chi connectivity index (χ1v) is 4.43. The molecule has 1 aliphatic heterocycles. The van der Waals surface area contributed by atoms with E-state index < -0.39 is 0 Å². The zero-order chi connectivity index (χ0) is 9.57. The number of allylic oxidation sites excluding steroid dienone is 2. The second kappa shape index (κ2) is 2.38. The van der Waals surface area contributed by atoms with E-state index in [1.54, 1.807) is 0 Å². The fourth-order valence-corrected chi connectivity index (χ4v) is 1.68. The van der Waals surface area contributed by atoms with Crippen LogP contribution in [-0.4, -0.2) is 0 Å². The Balaban J connectivity index is 3.15. The van der Waals surface area contributed by atoms with Crippen molar-refractivity contribution in [3.05, 3.63) is 24.7 Å². The Hall–Kier alpha value is -0.720. The number of hydrogen-bond donors (Lipinski definition) is 0. The van der Waals surface area contributed by atoms with Crippen LogP contribution < -0.4 is 0 Å². The van der Waals surface area contributed by atoms with Gasteiger partial charge in [0.05, 0.1) is 0 Å². The lowest BCUT2D eigenvalue weighted by atomic mass is 9.65. The minimum Gasteiger partial charge on any atom is -0.466 e. The van der Waals surface area contributed by atoms with Crippen molar-refractivity contribution in [2.75, 3.05) is 0 Å². The Labute approximate surface area is 75.1 Å². The summed E-state index contributed by atoms with van der Waals surface area (Å²) in [6.45, 7) is 16.5. The molecular formula is C11H18O. The average Bonchev–Trinajstić information content (AvgIpc) is 2.14. The standard InChI is InChI=1S/C11H18O/c1-7-11(6)9(3)12-8(2)10(11,4)5/h2-3,7H2,1,4-6H3. The molecule has 0 spiro atoms. The molecule has 1 saturated heterocycles. The third-order valence-corrected chi connectivity index (χ3v) is 3.65. The van der Waals surface area contributed by atoms with Gasteiger partial charge in [0, 0.05) is 10.8 Å². The van der Waals surface area contributed by atoms with E-state index in [9.17, 15) is 0 Å². The fraction of sp³-hybridized carbons (Fsp3) is 0.636. The van der Waals surface area contributed by atoms with Crippen LogP contribution in [0.5, 0.6) is 0 Å². The molecule has 0 aromatic rings. The predicted molar refractivity (Wildman–Crippen MR) is 51.5 cm³/mol. The number of hydrogen-bond acceptors (Lipinski definition) is 1. The van der Waals surface area contributed by atoms with E-state index in [4.69, 9.17) is 4.74 Å². The van der Waals surface area contributed by atoms with Crippen molar-refractivity contribution in [3.8, 4) is 0 Å². The summed E-state index contributed by atoms with van der Waals surface area (Å²) >= 11 is 0. The molecule has 1 unspecified atom stereocenters. The highest BCUT2D eigenvalue weighted by molar-refractivity contribution is 5.25. The summed E-state index contributed by atoms with van der Waals surface area (Å²) in [5.41, 5.74) is 0.0584. The molecule has 1 heteroatoms. The Morgan fingerprint density at radius 2 is 1.67 bits per heavy atom. The van der Waals surface area contributed by atoms with Gasteiger partial charge in [-0.1, -0.05) is 40.9 Å². The van der Waals surface area contributed by atoms with Crippen LogP contribution in [0.3, 0.4) is 0 Å². The Morgan fingerprint density at radius 1 is 1.17 bits per heavy atom. The summed E-state index contributed by atoms with van der Waals surface area (Å²) in [6, 6.07) is 0. The molecule has 1 aliphatic rings. The summed E-state index contributed by atoms with van der Waals surface area (Å²) in [7, 11) is 0. The first-order chi connectivity index (χ1) is 5.36. The third-order valence-electron chi connectivity index (χ3n) is 3.65. The second-order valence-electron chi connectivity index (χ2n) is 4.26. The Morgan fingerprint density at radius 3 is 1.83 bits per heavy atom. The van der Waals surface area contributed by atoms with Crippen molar-refractivity contribution in [2.45, 2.75) is 34.1 Å². The van der Waals surface area contributed by atoms with Crippen molar-refractivity contribution in [1.82, 2.24) is 0 Å². The summed E-state index contributed by atoms with van der Waals surface area (Å²) in [5.74, 6) is 1.71. The van der Waals surface area contributed by atoms with E-state index in [1.807, 2.05) is 0 Å². The molecule has 1 heterocycles. The average molecular weight is 166 g/mol. The topological polar surface area (TPSA) is 9.23 Å². The summed E-state index contributed by atoms with van der Waals surface area (Å²) < 4.78 is 5.49. The van der Waals surface area contributed by atoms with Gasteiger partial charge >= 0.3 is 0 Å². The molecule has 0 aliphatic carbocycles. The van der Waals surface area contributed by atoms with Crippen LogP contribution in [0.4, 0.5) is 0 Å². The summed E-state index contributed by atoms with van der Waals surface area (Å²) in [6.07, 6.45) is 1.04. The first-order valence-electron chi connectivity index (χ1n) is 4.43. The first kappa shape index (κ1) is 9.37. The lowest BCUT2D eigenvalue weighted by Crippen LogP contribution is -2.30. The molecule has 12 heavy (non-hydrogen) atoms. The van der Waals surface area contributed by atoms with E-state index in [0.29, 0.717) is 0 Å². The molecule has 0 N–H and O–H groups in total. The highest BCUT2D eigenvalue weighted by atomic mass is 16.5. The zero-order valence-electron chi connectivity index (χ0n) is 8.53. The molecule has 1 atom stereocenters. The second-order valence-corrected chi connectivity index (χ2v) is 4.26. The van der Waals surface area contributed by atoms with Crippen LogP contribution >= 0.6 is 0 Å². The molecule has 1 nitrogen and oxygen atoms in total. The normalized spacial score (nSPS) is 33.7. The van der Waals surface area contributed by atoms with Crippen LogP contribution in [0.2, 0.25) is 0 Å². The maximum Gasteiger partial charge on any atom is 0.103 e. The number of rotatable bonds is 1. The van der Waals surface area contributed by atoms with Gasteiger partial charge < -0.3 is 4.74 Å². The van der Waals surface area contributed by atoms with Crippen molar-refractivity contribution in [3.63, 3.8) is 0 Å². The molecular weight excluding hydrogens is 148 g/mol. The quantitative estimate of drug-likeness (QED) is 0.579. The smallest absolute Gasteiger partial charge is 0.103 e. The van der Waals surface area contributed by atoms with E-state index >= 15 is 0 Å². The zero-order valence-corrected chi connectivity index (χ0v) is 8.53. The Bertz CT molecular complexity index is 237. The minimum atomic E-state index is 0.0127. The van der Waals surface area contributed by atoms with E-state index in [1.165, 1.54) is 0 Å². The van der Waals surface area contributed by atoms with E-state index in [0.717, 1.165) is 17.9 Å². The minimum absolute atomic E-state index is 0.0127. The molecule has 1 rings (SSSR count). The van der Waals surface area contributed by atoms with Crippen LogP contribution in [-0.2, 0) is 4.74 Å². The summed E-state index contributed by atoms with van der Waals surface area (Å²) in [4.78, 5) is 0.